The van der Waals surface area contributed by atoms with Crippen LogP contribution in [0.15, 0.2) is 54.7 Å². The number of carbonyl (C=O) groups excluding carboxylic acids is 4. The first kappa shape index (κ1) is 32.6. The number of nitrogens with two attached hydrogens (primary N) is 2. The molecule has 0 saturated heterocycles. The van der Waals surface area contributed by atoms with E-state index in [-0.39, 0.29) is 18.6 Å². The fraction of sp³-hybridized carbons (Fsp3) is 0.367. The third-order valence-corrected chi connectivity index (χ3v) is 7.28. The molecule has 2 aromatic carbocycles. The zero-order chi connectivity index (χ0) is 31.7. The molecule has 4 amide bonds. The molecule has 0 saturated carbocycles. The maximum atomic E-state index is 13.4. The van der Waals surface area contributed by atoms with E-state index in [1.807, 2.05) is 24.3 Å². The van der Waals surface area contributed by atoms with Crippen molar-refractivity contribution in [2.24, 2.45) is 17.4 Å². The lowest BCUT2D eigenvalue weighted by atomic mass is 9.98. The number of amides is 4. The number of aromatic hydroxyl groups is 1. The zero-order valence-corrected chi connectivity index (χ0v) is 24.0. The van der Waals surface area contributed by atoms with Gasteiger partial charge >= 0.3 is 5.97 Å². The summed E-state index contributed by atoms with van der Waals surface area (Å²) in [6.07, 6.45) is 1.69. The number of para-hydroxylation sites is 1. The van der Waals surface area contributed by atoms with E-state index in [4.69, 9.17) is 11.5 Å². The van der Waals surface area contributed by atoms with Gasteiger partial charge in [-0.1, -0.05) is 50.6 Å². The second kappa shape index (κ2) is 14.8. The van der Waals surface area contributed by atoms with Crippen LogP contribution in [0.5, 0.6) is 5.75 Å². The first-order chi connectivity index (χ1) is 20.4. The SMILES string of the molecule is CCC(C)C(NC(=O)C(Cc1ccc(O)cc1)NC(=O)C(CC(N)=O)NC(=O)C(N)Cc1c[nH]c2ccccc12)C(=O)O. The van der Waals surface area contributed by atoms with E-state index in [0.29, 0.717) is 12.0 Å². The highest BCUT2D eigenvalue weighted by Gasteiger charge is 2.32. The average Bonchev–Trinajstić information content (AvgIpc) is 3.37. The van der Waals surface area contributed by atoms with Crippen molar-refractivity contribution in [3.8, 4) is 5.75 Å². The molecule has 13 nitrogen and oxygen atoms in total. The molecule has 0 aliphatic rings. The van der Waals surface area contributed by atoms with Gasteiger partial charge in [0.05, 0.1) is 12.5 Å². The number of primary amides is 1. The molecule has 13 heteroatoms. The highest BCUT2D eigenvalue weighted by Crippen LogP contribution is 2.19. The summed E-state index contributed by atoms with van der Waals surface area (Å²) in [5.74, 6) is -4.92. The van der Waals surface area contributed by atoms with Crippen LogP contribution in [0, 0.1) is 5.92 Å². The fourth-order valence-electron chi connectivity index (χ4n) is 4.61. The van der Waals surface area contributed by atoms with Gasteiger partial charge in [0.2, 0.25) is 23.6 Å². The number of carbonyl (C=O) groups is 5. The molecule has 0 aliphatic carbocycles. The van der Waals surface area contributed by atoms with Crippen LogP contribution in [-0.4, -0.2) is 69.0 Å². The number of aliphatic carboxylic acids is 1. The van der Waals surface area contributed by atoms with Crippen molar-refractivity contribution in [2.75, 3.05) is 0 Å². The van der Waals surface area contributed by atoms with Crippen molar-refractivity contribution in [2.45, 2.75) is 63.7 Å². The molecule has 10 N–H and O–H groups in total. The van der Waals surface area contributed by atoms with Gasteiger partial charge in [-0.2, -0.15) is 0 Å². The molecular formula is C30H38N6O7. The highest BCUT2D eigenvalue weighted by molar-refractivity contribution is 5.96. The van der Waals surface area contributed by atoms with Gasteiger partial charge in [-0.25, -0.2) is 4.79 Å². The molecule has 3 aromatic rings. The van der Waals surface area contributed by atoms with E-state index >= 15 is 0 Å². The predicted octanol–water partition coefficient (Wildman–Crippen LogP) is 0.447. The number of carboxylic acids is 1. The molecule has 1 heterocycles. The second-order valence-corrected chi connectivity index (χ2v) is 10.5. The fourth-order valence-corrected chi connectivity index (χ4v) is 4.61. The molecular weight excluding hydrogens is 556 g/mol. The van der Waals surface area contributed by atoms with Crippen LogP contribution in [0.2, 0.25) is 0 Å². The van der Waals surface area contributed by atoms with Gasteiger partial charge in [0.15, 0.2) is 0 Å². The lowest BCUT2D eigenvalue weighted by Gasteiger charge is -2.26. The van der Waals surface area contributed by atoms with Crippen LogP contribution < -0.4 is 27.4 Å². The molecule has 1 aromatic heterocycles. The molecule has 0 aliphatic heterocycles. The molecule has 0 bridgehead atoms. The van der Waals surface area contributed by atoms with Crippen molar-refractivity contribution in [3.05, 3.63) is 65.9 Å². The number of hydrogen-bond acceptors (Lipinski definition) is 7. The van der Waals surface area contributed by atoms with Gasteiger partial charge < -0.3 is 42.6 Å². The average molecular weight is 595 g/mol. The Hall–Kier alpha value is -4.91. The Morgan fingerprint density at radius 2 is 1.51 bits per heavy atom. The third kappa shape index (κ3) is 9.04. The number of phenolic OH excluding ortho intramolecular Hbond substituents is 1. The largest absolute Gasteiger partial charge is 0.508 e. The summed E-state index contributed by atoms with van der Waals surface area (Å²) in [4.78, 5) is 66.5. The molecule has 5 atom stereocenters. The Morgan fingerprint density at radius 1 is 0.884 bits per heavy atom. The number of nitrogens with one attached hydrogen (secondary N) is 4. The quantitative estimate of drug-likeness (QED) is 0.123. The number of hydrogen-bond donors (Lipinski definition) is 8. The Kier molecular flexibility index (Phi) is 11.2. The Balaban J connectivity index is 1.78. The molecule has 230 valence electrons. The van der Waals surface area contributed by atoms with Crippen molar-refractivity contribution in [1.82, 2.24) is 20.9 Å². The number of phenols is 1. The van der Waals surface area contributed by atoms with Crippen LogP contribution in [0.3, 0.4) is 0 Å². The summed E-state index contributed by atoms with van der Waals surface area (Å²) in [5.41, 5.74) is 13.7. The van der Waals surface area contributed by atoms with Gasteiger partial charge in [0, 0.05) is 23.5 Å². The number of benzene rings is 2. The zero-order valence-electron chi connectivity index (χ0n) is 24.0. The van der Waals surface area contributed by atoms with Gasteiger partial charge in [-0.3, -0.25) is 19.2 Å². The van der Waals surface area contributed by atoms with Crippen LogP contribution in [-0.2, 0) is 36.8 Å². The van der Waals surface area contributed by atoms with Crippen LogP contribution >= 0.6 is 0 Å². The van der Waals surface area contributed by atoms with Gasteiger partial charge in [0.1, 0.15) is 23.9 Å². The first-order valence-corrected chi connectivity index (χ1v) is 13.9. The van der Waals surface area contributed by atoms with E-state index in [1.54, 1.807) is 20.0 Å². The number of aromatic amines is 1. The lowest BCUT2D eigenvalue weighted by Crippen LogP contribution is -2.58. The summed E-state index contributed by atoms with van der Waals surface area (Å²) in [7, 11) is 0. The molecule has 0 fully saturated rings. The number of aromatic nitrogens is 1. The van der Waals surface area contributed by atoms with E-state index in [0.717, 1.165) is 16.5 Å². The van der Waals surface area contributed by atoms with E-state index < -0.39 is 66.1 Å². The van der Waals surface area contributed by atoms with E-state index in [1.165, 1.54) is 24.3 Å². The minimum atomic E-state index is -1.46. The molecule has 43 heavy (non-hydrogen) atoms. The summed E-state index contributed by atoms with van der Waals surface area (Å²) >= 11 is 0. The number of H-pyrrole nitrogens is 1. The van der Waals surface area contributed by atoms with Crippen LogP contribution in [0.25, 0.3) is 10.9 Å². The monoisotopic (exact) mass is 594 g/mol. The maximum absolute atomic E-state index is 13.4. The van der Waals surface area contributed by atoms with Crippen molar-refractivity contribution < 1.29 is 34.2 Å². The summed E-state index contributed by atoms with van der Waals surface area (Å²) in [5, 5.41) is 27.6. The normalized spacial score (nSPS) is 14.6. The van der Waals surface area contributed by atoms with Crippen LogP contribution in [0.4, 0.5) is 0 Å². The van der Waals surface area contributed by atoms with Crippen molar-refractivity contribution in [3.63, 3.8) is 0 Å². The molecule has 5 unspecified atom stereocenters. The van der Waals surface area contributed by atoms with Gasteiger partial charge in [-0.05, 0) is 41.7 Å². The van der Waals surface area contributed by atoms with Crippen molar-refractivity contribution in [1.29, 1.82) is 0 Å². The first-order valence-electron chi connectivity index (χ1n) is 13.9. The van der Waals surface area contributed by atoms with Crippen molar-refractivity contribution >= 4 is 40.5 Å². The lowest BCUT2D eigenvalue weighted by molar-refractivity contribution is -0.144. The Morgan fingerprint density at radius 3 is 2.14 bits per heavy atom. The highest BCUT2D eigenvalue weighted by atomic mass is 16.4. The maximum Gasteiger partial charge on any atom is 0.326 e. The molecule has 0 spiro atoms. The predicted molar refractivity (Wildman–Crippen MR) is 158 cm³/mol. The smallest absolute Gasteiger partial charge is 0.326 e. The summed E-state index contributed by atoms with van der Waals surface area (Å²) < 4.78 is 0. The topological polar surface area (TPSA) is 230 Å². The van der Waals surface area contributed by atoms with E-state index in [2.05, 4.69) is 20.9 Å². The van der Waals surface area contributed by atoms with Gasteiger partial charge in [-0.15, -0.1) is 0 Å². The van der Waals surface area contributed by atoms with Crippen LogP contribution in [0.1, 0.15) is 37.8 Å². The Labute approximate surface area is 248 Å². The number of carboxylic acid groups (broad SMARTS) is 1. The minimum Gasteiger partial charge on any atom is -0.508 e. The molecule has 3 rings (SSSR count). The summed E-state index contributed by atoms with van der Waals surface area (Å²) in [6, 6.07) is 8.30. The minimum absolute atomic E-state index is 0.00953. The number of fused-ring (bicyclic) bond motifs is 1. The second-order valence-electron chi connectivity index (χ2n) is 10.5. The van der Waals surface area contributed by atoms with Gasteiger partial charge in [0.25, 0.3) is 0 Å². The Bertz CT molecular complexity index is 1450. The van der Waals surface area contributed by atoms with E-state index in [9.17, 15) is 34.2 Å². The molecule has 0 radical (unpaired) electrons. The third-order valence-electron chi connectivity index (χ3n) is 7.28. The standard InChI is InChI=1S/C30H38N6O7/c1-3-16(2)26(30(42)43)36-29(41)23(12-17-8-10-19(37)11-9-17)35-28(40)24(14-25(32)38)34-27(39)21(31)13-18-15-33-22-7-5-4-6-20(18)22/h4-11,15-16,21,23-24,26,33,37H,3,12-14,31H2,1-2H3,(H2,32,38)(H,34,39)(H,35,40)(H,36,41)(H,42,43). The summed E-state index contributed by atoms with van der Waals surface area (Å²) in [6.45, 7) is 3.45. The number of rotatable bonds is 15.